The summed E-state index contributed by atoms with van der Waals surface area (Å²) in [6.45, 7) is 7.06. The van der Waals surface area contributed by atoms with Gasteiger partial charge in [0.2, 0.25) is 27.7 Å². The molecule has 3 aliphatic rings. The Morgan fingerprint density at radius 2 is 1.53 bits per heavy atom. The van der Waals surface area contributed by atoms with E-state index < -0.39 is 40.2 Å². The van der Waals surface area contributed by atoms with Crippen molar-refractivity contribution in [3.8, 4) is 0 Å². The van der Waals surface area contributed by atoms with E-state index in [1.165, 1.54) is 27.4 Å². The number of carbonyl (C=O) groups is 3. The first-order chi connectivity index (χ1) is 21.2. The third-order valence-electron chi connectivity index (χ3n) is 9.11. The minimum Gasteiger partial charge on any atom is -0.335 e. The van der Waals surface area contributed by atoms with Gasteiger partial charge in [0.05, 0.1) is 11.6 Å². The first-order valence-corrected chi connectivity index (χ1v) is 18.0. The molecule has 3 unspecified atom stereocenters. The van der Waals surface area contributed by atoms with E-state index in [4.69, 9.17) is 34.8 Å². The number of amides is 3. The highest BCUT2D eigenvalue weighted by molar-refractivity contribution is 7.89. The Morgan fingerprint density at radius 1 is 0.911 bits per heavy atom. The summed E-state index contributed by atoms with van der Waals surface area (Å²) in [5.74, 6) is -1.13. The first kappa shape index (κ1) is 34.0. The molecule has 3 fully saturated rings. The lowest BCUT2D eigenvalue weighted by Crippen LogP contribution is -2.77. The van der Waals surface area contributed by atoms with Crippen molar-refractivity contribution in [1.29, 1.82) is 0 Å². The summed E-state index contributed by atoms with van der Waals surface area (Å²) in [4.78, 5) is 47.2. The number of hydrogen-bond acceptors (Lipinski definition) is 5. The van der Waals surface area contributed by atoms with Crippen LogP contribution in [0.1, 0.15) is 58.9 Å². The van der Waals surface area contributed by atoms with Gasteiger partial charge in [-0.25, -0.2) is 8.42 Å². The molecule has 0 aromatic heterocycles. The van der Waals surface area contributed by atoms with Gasteiger partial charge in [-0.3, -0.25) is 14.4 Å². The second-order valence-electron chi connectivity index (χ2n) is 12.6. The molecular weight excluding hydrogens is 659 g/mol. The monoisotopic (exact) mass is 696 g/mol. The number of rotatable bonds is 8. The Labute approximate surface area is 280 Å². The van der Waals surface area contributed by atoms with Gasteiger partial charge < -0.3 is 14.7 Å². The fourth-order valence-corrected chi connectivity index (χ4v) is 9.32. The van der Waals surface area contributed by atoms with Gasteiger partial charge in [0.1, 0.15) is 23.1 Å². The van der Waals surface area contributed by atoms with Crippen LogP contribution in [-0.2, 0) is 30.8 Å². The van der Waals surface area contributed by atoms with Crippen LogP contribution in [0.4, 0.5) is 0 Å². The van der Waals surface area contributed by atoms with Crippen LogP contribution in [0.25, 0.3) is 0 Å². The maximum atomic E-state index is 14.7. The van der Waals surface area contributed by atoms with E-state index in [1.807, 2.05) is 27.7 Å². The van der Waals surface area contributed by atoms with Gasteiger partial charge in [0.25, 0.3) is 0 Å². The molecule has 45 heavy (non-hydrogen) atoms. The molecule has 0 bridgehead atoms. The van der Waals surface area contributed by atoms with Crippen LogP contribution in [-0.4, -0.2) is 88.6 Å². The first-order valence-electron chi connectivity index (χ1n) is 15.4. The van der Waals surface area contributed by atoms with Gasteiger partial charge in [-0.2, -0.15) is 4.31 Å². The highest BCUT2D eigenvalue weighted by Crippen LogP contribution is 2.37. The zero-order valence-corrected chi connectivity index (χ0v) is 28.9. The molecule has 13 heteroatoms. The lowest BCUT2D eigenvalue weighted by atomic mass is 9.95. The molecule has 0 N–H and O–H groups in total. The van der Waals surface area contributed by atoms with Crippen molar-refractivity contribution in [1.82, 2.24) is 19.0 Å². The smallest absolute Gasteiger partial charge is 0.248 e. The van der Waals surface area contributed by atoms with E-state index in [0.29, 0.717) is 5.02 Å². The fourth-order valence-electron chi connectivity index (χ4n) is 6.87. The maximum absolute atomic E-state index is 14.7. The highest BCUT2D eigenvalue weighted by Gasteiger charge is 2.56. The van der Waals surface area contributed by atoms with E-state index >= 15 is 0 Å². The number of fused-ring (bicyclic) bond motifs is 1. The summed E-state index contributed by atoms with van der Waals surface area (Å²) in [6.07, 6.45) is 2.40. The largest absolute Gasteiger partial charge is 0.335 e. The van der Waals surface area contributed by atoms with Crippen LogP contribution >= 0.6 is 34.8 Å². The number of hydrogen-bond donors (Lipinski definition) is 0. The predicted molar refractivity (Wildman–Crippen MR) is 175 cm³/mol. The number of carbonyl (C=O) groups excluding carboxylic acids is 3. The molecule has 3 atom stereocenters. The van der Waals surface area contributed by atoms with Crippen LogP contribution in [0.15, 0.2) is 47.4 Å². The van der Waals surface area contributed by atoms with E-state index in [2.05, 4.69) is 0 Å². The average Bonchev–Trinajstić information content (AvgIpc) is 3.51. The molecule has 0 radical (unpaired) electrons. The molecule has 3 amide bonds. The van der Waals surface area contributed by atoms with Crippen molar-refractivity contribution in [2.45, 2.75) is 95.0 Å². The second kappa shape index (κ2) is 13.4. The Bertz CT molecular complexity index is 1560. The minimum absolute atomic E-state index is 0.0330. The van der Waals surface area contributed by atoms with Gasteiger partial charge in [0.15, 0.2) is 0 Å². The van der Waals surface area contributed by atoms with Crippen LogP contribution in [0.3, 0.4) is 0 Å². The van der Waals surface area contributed by atoms with Crippen LogP contribution < -0.4 is 0 Å². The fraction of sp³-hybridized carbons (Fsp3) is 0.531. The standard InChI is InChI=1S/C32H39Cl3N4O5S/c1-19(2)36-18-29-37(45(43,44)28-14-13-24(34)16-25(28)35)17-27(38(20(3)4)30(40)22-7-5-6-8-22)32(42)39(29)26(31(36)41)15-21-9-11-23(33)12-10-21/h9-14,16,19-20,22,26-27,29H,5-8,15,17-18H2,1-4H3. The van der Waals surface area contributed by atoms with Crippen LogP contribution in [0.5, 0.6) is 0 Å². The highest BCUT2D eigenvalue weighted by atomic mass is 35.5. The molecule has 1 saturated carbocycles. The number of piperazine rings is 1. The third-order valence-corrected chi connectivity index (χ3v) is 11.9. The van der Waals surface area contributed by atoms with Crippen molar-refractivity contribution in [2.75, 3.05) is 13.1 Å². The van der Waals surface area contributed by atoms with Gasteiger partial charge in [-0.05, 0) is 76.4 Å². The average molecular weight is 698 g/mol. The van der Waals surface area contributed by atoms with E-state index in [1.54, 1.807) is 34.1 Å². The van der Waals surface area contributed by atoms with Gasteiger partial charge in [-0.1, -0.05) is 59.8 Å². The Hall–Kier alpha value is -2.37. The molecule has 2 saturated heterocycles. The molecular formula is C32H39Cl3N4O5S. The molecule has 9 nitrogen and oxygen atoms in total. The third kappa shape index (κ3) is 6.59. The lowest BCUT2D eigenvalue weighted by molar-refractivity contribution is -0.175. The summed E-state index contributed by atoms with van der Waals surface area (Å²) in [5, 5.41) is 0.743. The summed E-state index contributed by atoms with van der Waals surface area (Å²) in [5.41, 5.74) is 0.759. The summed E-state index contributed by atoms with van der Waals surface area (Å²) in [7, 11) is -4.35. The van der Waals surface area contributed by atoms with Crippen LogP contribution in [0.2, 0.25) is 15.1 Å². The quantitative estimate of drug-likeness (QED) is 0.365. The number of halogens is 3. The second-order valence-corrected chi connectivity index (χ2v) is 15.8. The van der Waals surface area contributed by atoms with E-state index in [9.17, 15) is 22.8 Å². The molecule has 1 aliphatic carbocycles. The molecule has 2 aliphatic heterocycles. The number of nitrogens with zero attached hydrogens (tertiary/aromatic N) is 4. The number of sulfonamides is 1. The molecule has 2 heterocycles. The summed E-state index contributed by atoms with van der Waals surface area (Å²) >= 11 is 18.7. The maximum Gasteiger partial charge on any atom is 0.248 e. The van der Waals surface area contributed by atoms with Crippen molar-refractivity contribution < 1.29 is 22.8 Å². The van der Waals surface area contributed by atoms with Crippen molar-refractivity contribution in [2.24, 2.45) is 5.92 Å². The summed E-state index contributed by atoms with van der Waals surface area (Å²) < 4.78 is 30.3. The predicted octanol–water partition coefficient (Wildman–Crippen LogP) is 5.46. The van der Waals surface area contributed by atoms with Crippen molar-refractivity contribution >= 4 is 62.5 Å². The van der Waals surface area contributed by atoms with E-state index in [-0.39, 0.29) is 58.2 Å². The molecule has 2 aromatic rings. The van der Waals surface area contributed by atoms with Crippen molar-refractivity contribution in [3.63, 3.8) is 0 Å². The lowest BCUT2D eigenvalue weighted by Gasteiger charge is -2.55. The zero-order chi connectivity index (χ0) is 32.8. The summed E-state index contributed by atoms with van der Waals surface area (Å²) in [6, 6.07) is 8.34. The minimum atomic E-state index is -4.35. The SMILES string of the molecule is CC(C)N1CC2N(C(=O)C(N(C(=O)C3CCCC3)C(C)C)CN2S(=O)(=O)c2ccc(Cl)cc2Cl)C(Cc2ccc(Cl)cc2)C1=O. The van der Waals surface area contributed by atoms with Gasteiger partial charge in [0, 0.05) is 41.0 Å². The topological polar surface area (TPSA) is 98.3 Å². The van der Waals surface area contributed by atoms with Gasteiger partial charge >= 0.3 is 0 Å². The van der Waals surface area contributed by atoms with E-state index in [0.717, 1.165) is 31.2 Å². The Kier molecular flexibility index (Phi) is 10.1. The normalized spacial score (nSPS) is 23.3. The molecule has 5 rings (SSSR count). The zero-order valence-electron chi connectivity index (χ0n) is 25.8. The van der Waals surface area contributed by atoms with Crippen LogP contribution in [0, 0.1) is 5.92 Å². The Morgan fingerprint density at radius 3 is 2.11 bits per heavy atom. The number of benzene rings is 2. The molecule has 244 valence electrons. The van der Waals surface area contributed by atoms with Gasteiger partial charge in [-0.15, -0.1) is 0 Å². The Balaban J connectivity index is 1.66. The molecule has 2 aromatic carbocycles. The van der Waals surface area contributed by atoms with Crippen molar-refractivity contribution in [3.05, 3.63) is 63.1 Å². The molecule has 0 spiro atoms.